The molecule has 2 rings (SSSR count). The molecule has 0 spiro atoms. The van der Waals surface area contributed by atoms with E-state index in [2.05, 4.69) is 31.3 Å². The van der Waals surface area contributed by atoms with Crippen molar-refractivity contribution < 1.29 is 4.79 Å². The molecule has 0 saturated carbocycles. The van der Waals surface area contributed by atoms with E-state index in [9.17, 15) is 4.79 Å². The molecule has 1 amide bonds. The summed E-state index contributed by atoms with van der Waals surface area (Å²) in [6.07, 6.45) is 0. The van der Waals surface area contributed by atoms with Gasteiger partial charge in [0.15, 0.2) is 0 Å². The summed E-state index contributed by atoms with van der Waals surface area (Å²) in [5.41, 5.74) is 0.618. The van der Waals surface area contributed by atoms with Crippen molar-refractivity contribution in [1.29, 1.82) is 0 Å². The number of carbonyl (C=O) groups excluding carboxylic acids is 1. The summed E-state index contributed by atoms with van der Waals surface area (Å²) < 4.78 is 2.60. The molecular weight excluding hydrogens is 296 g/mol. The number of benzene rings is 1. The lowest BCUT2D eigenvalue weighted by atomic mass is 10.2. The predicted octanol–water partition coefficient (Wildman–Crippen LogP) is 2.04. The number of rotatable bonds is 3. The van der Waals surface area contributed by atoms with Crippen LogP contribution in [0.3, 0.4) is 0 Å². The first-order valence-electron chi connectivity index (χ1n) is 5.48. The summed E-state index contributed by atoms with van der Waals surface area (Å²) in [4.78, 5) is 16.0. The third kappa shape index (κ3) is 2.95. The largest absolute Gasteiger partial charge is 0.333 e. The summed E-state index contributed by atoms with van der Waals surface area (Å²) in [5.74, 6) is 1.35. The second-order valence-electron chi connectivity index (χ2n) is 3.88. The topological polar surface area (TPSA) is 59.8 Å². The predicted molar refractivity (Wildman–Crippen MR) is 71.1 cm³/mol. The molecule has 0 atom stereocenters. The lowest BCUT2D eigenvalue weighted by Gasteiger charge is -2.06. The van der Waals surface area contributed by atoms with Crippen molar-refractivity contribution in [3.63, 3.8) is 0 Å². The second-order valence-corrected chi connectivity index (χ2v) is 4.79. The highest BCUT2D eigenvalue weighted by atomic mass is 79.9. The maximum Gasteiger partial charge on any atom is 0.252 e. The summed E-state index contributed by atoms with van der Waals surface area (Å²) in [6.45, 7) is 3.99. The summed E-state index contributed by atoms with van der Waals surface area (Å²) in [5, 5.41) is 6.97. The van der Waals surface area contributed by atoms with E-state index in [4.69, 9.17) is 0 Å². The van der Waals surface area contributed by atoms with Gasteiger partial charge < -0.3 is 5.32 Å². The fraction of sp³-hybridized carbons (Fsp3) is 0.250. The minimum Gasteiger partial charge on any atom is -0.333 e. The SMILES string of the molecule is Cc1nc(C)n(CNC(=O)c2ccc(Br)cc2)n1. The fourth-order valence-corrected chi connectivity index (χ4v) is 1.83. The van der Waals surface area contributed by atoms with Gasteiger partial charge in [-0.3, -0.25) is 4.79 Å². The Balaban J connectivity index is 2.00. The molecule has 0 aliphatic heterocycles. The van der Waals surface area contributed by atoms with E-state index in [1.54, 1.807) is 16.8 Å². The molecule has 0 bridgehead atoms. The number of carbonyl (C=O) groups is 1. The number of amides is 1. The van der Waals surface area contributed by atoms with E-state index in [0.29, 0.717) is 18.1 Å². The molecule has 1 heterocycles. The van der Waals surface area contributed by atoms with Gasteiger partial charge in [0.25, 0.3) is 5.91 Å². The van der Waals surface area contributed by atoms with E-state index < -0.39 is 0 Å². The highest BCUT2D eigenvalue weighted by Crippen LogP contribution is 2.10. The molecule has 1 aromatic carbocycles. The standard InChI is InChI=1S/C12H13BrN4O/c1-8-15-9(2)17(16-8)7-14-12(18)10-3-5-11(13)6-4-10/h3-6H,7H2,1-2H3,(H,14,18). The maximum absolute atomic E-state index is 11.9. The summed E-state index contributed by atoms with van der Waals surface area (Å²) in [7, 11) is 0. The smallest absolute Gasteiger partial charge is 0.252 e. The highest BCUT2D eigenvalue weighted by molar-refractivity contribution is 9.10. The zero-order chi connectivity index (χ0) is 13.1. The molecule has 18 heavy (non-hydrogen) atoms. The van der Waals surface area contributed by atoms with Crippen LogP contribution in [-0.2, 0) is 6.67 Å². The van der Waals surface area contributed by atoms with E-state index in [1.807, 2.05) is 26.0 Å². The highest BCUT2D eigenvalue weighted by Gasteiger charge is 2.07. The van der Waals surface area contributed by atoms with Crippen LogP contribution in [0.1, 0.15) is 22.0 Å². The van der Waals surface area contributed by atoms with Crippen molar-refractivity contribution in [3.05, 3.63) is 46.0 Å². The third-order valence-electron chi connectivity index (χ3n) is 2.46. The van der Waals surface area contributed by atoms with Crippen LogP contribution < -0.4 is 5.32 Å². The van der Waals surface area contributed by atoms with Crippen LogP contribution in [0, 0.1) is 13.8 Å². The van der Waals surface area contributed by atoms with Crippen LogP contribution in [-0.4, -0.2) is 20.7 Å². The molecule has 6 heteroatoms. The van der Waals surface area contributed by atoms with Crippen molar-refractivity contribution in [1.82, 2.24) is 20.1 Å². The van der Waals surface area contributed by atoms with Crippen molar-refractivity contribution in [2.24, 2.45) is 0 Å². The molecule has 94 valence electrons. The van der Waals surface area contributed by atoms with Gasteiger partial charge in [0, 0.05) is 10.0 Å². The minimum absolute atomic E-state index is 0.130. The van der Waals surface area contributed by atoms with Gasteiger partial charge >= 0.3 is 0 Å². The van der Waals surface area contributed by atoms with Crippen molar-refractivity contribution in [2.45, 2.75) is 20.5 Å². The molecule has 1 aromatic heterocycles. The van der Waals surface area contributed by atoms with Gasteiger partial charge in [-0.05, 0) is 38.1 Å². The Morgan fingerprint density at radius 2 is 2.00 bits per heavy atom. The first-order valence-corrected chi connectivity index (χ1v) is 6.27. The maximum atomic E-state index is 11.9. The Hall–Kier alpha value is -1.69. The molecule has 0 aliphatic carbocycles. The number of hydrogen-bond donors (Lipinski definition) is 1. The number of aryl methyl sites for hydroxylation is 2. The monoisotopic (exact) mass is 308 g/mol. The molecule has 2 aromatic rings. The molecule has 1 N–H and O–H groups in total. The quantitative estimate of drug-likeness (QED) is 0.944. The normalized spacial score (nSPS) is 10.4. The van der Waals surface area contributed by atoms with Gasteiger partial charge in [-0.15, -0.1) is 0 Å². The van der Waals surface area contributed by atoms with E-state index in [1.165, 1.54) is 0 Å². The number of hydrogen-bond acceptors (Lipinski definition) is 3. The molecule has 0 fully saturated rings. The van der Waals surface area contributed by atoms with Crippen LogP contribution >= 0.6 is 15.9 Å². The first-order chi connectivity index (χ1) is 8.56. The number of nitrogens with zero attached hydrogens (tertiary/aromatic N) is 3. The van der Waals surface area contributed by atoms with Gasteiger partial charge in [0.1, 0.15) is 18.3 Å². The van der Waals surface area contributed by atoms with Crippen molar-refractivity contribution in [2.75, 3.05) is 0 Å². The van der Waals surface area contributed by atoms with Crippen molar-refractivity contribution >= 4 is 21.8 Å². The Morgan fingerprint density at radius 3 is 2.56 bits per heavy atom. The fourth-order valence-electron chi connectivity index (χ4n) is 1.56. The lowest BCUT2D eigenvalue weighted by Crippen LogP contribution is -2.27. The third-order valence-corrected chi connectivity index (χ3v) is 2.99. The number of halogens is 1. The molecule has 5 nitrogen and oxygen atoms in total. The van der Waals surface area contributed by atoms with Gasteiger partial charge in [-0.1, -0.05) is 15.9 Å². The van der Waals surface area contributed by atoms with E-state index >= 15 is 0 Å². The van der Waals surface area contributed by atoms with Crippen LogP contribution in [0.2, 0.25) is 0 Å². The zero-order valence-corrected chi connectivity index (χ0v) is 11.7. The molecule has 0 unspecified atom stereocenters. The van der Waals surface area contributed by atoms with Crippen LogP contribution in [0.5, 0.6) is 0 Å². The average molecular weight is 309 g/mol. The van der Waals surface area contributed by atoms with Gasteiger partial charge in [-0.25, -0.2) is 9.67 Å². The van der Waals surface area contributed by atoms with Crippen LogP contribution in [0.4, 0.5) is 0 Å². The summed E-state index contributed by atoms with van der Waals surface area (Å²) >= 11 is 3.33. The Bertz CT molecular complexity index is 562. The van der Waals surface area contributed by atoms with E-state index in [0.717, 1.165) is 10.3 Å². The number of aromatic nitrogens is 3. The second kappa shape index (κ2) is 5.30. The van der Waals surface area contributed by atoms with Crippen molar-refractivity contribution in [3.8, 4) is 0 Å². The zero-order valence-electron chi connectivity index (χ0n) is 10.1. The van der Waals surface area contributed by atoms with Gasteiger partial charge in [0.05, 0.1) is 0 Å². The molecule has 0 aliphatic rings. The van der Waals surface area contributed by atoms with Gasteiger partial charge in [-0.2, -0.15) is 5.10 Å². The van der Waals surface area contributed by atoms with E-state index in [-0.39, 0.29) is 5.91 Å². The Labute approximate surface area is 113 Å². The lowest BCUT2D eigenvalue weighted by molar-refractivity contribution is 0.0939. The molecule has 0 radical (unpaired) electrons. The average Bonchev–Trinajstić information content (AvgIpc) is 2.66. The van der Waals surface area contributed by atoms with Crippen LogP contribution in [0.15, 0.2) is 28.7 Å². The summed E-state index contributed by atoms with van der Waals surface area (Å²) in [6, 6.07) is 7.19. The molecular formula is C12H13BrN4O. The van der Waals surface area contributed by atoms with Gasteiger partial charge in [0.2, 0.25) is 0 Å². The minimum atomic E-state index is -0.130. The first kappa shape index (κ1) is 12.8. The van der Waals surface area contributed by atoms with Crippen LogP contribution in [0.25, 0.3) is 0 Å². The Morgan fingerprint density at radius 1 is 1.33 bits per heavy atom. The number of nitrogens with one attached hydrogen (secondary N) is 1. The Kier molecular flexibility index (Phi) is 3.76. The molecule has 0 saturated heterocycles.